The molecule has 2 saturated heterocycles. The fourth-order valence-electron chi connectivity index (χ4n) is 7.21. The van der Waals surface area contributed by atoms with Gasteiger partial charge in [0.05, 0.1) is 24.3 Å². The van der Waals surface area contributed by atoms with Crippen molar-refractivity contribution in [1.29, 1.82) is 0 Å². The normalized spacial score (nSPS) is 20.9. The van der Waals surface area contributed by atoms with E-state index in [2.05, 4.69) is 29.0 Å². The minimum absolute atomic E-state index is 0.122. The van der Waals surface area contributed by atoms with Crippen molar-refractivity contribution >= 4 is 18.1 Å². The third kappa shape index (κ3) is 6.39. The zero-order chi connectivity index (χ0) is 33.9. The van der Waals surface area contributed by atoms with Crippen LogP contribution < -0.4 is 16.6 Å². The van der Waals surface area contributed by atoms with Gasteiger partial charge in [-0.3, -0.25) is 23.8 Å². The first kappa shape index (κ1) is 34.5. The summed E-state index contributed by atoms with van der Waals surface area (Å²) in [4.78, 5) is 30.7. The van der Waals surface area contributed by atoms with Crippen LogP contribution in [0.5, 0.6) is 0 Å². The first-order valence-corrected chi connectivity index (χ1v) is 18.9. The van der Waals surface area contributed by atoms with Gasteiger partial charge in [0.25, 0.3) is 5.56 Å². The average Bonchev–Trinajstić information content (AvgIpc) is 3.11. The van der Waals surface area contributed by atoms with Crippen LogP contribution in [0.2, 0.25) is 0 Å². The first-order valence-electron chi connectivity index (χ1n) is 16.4. The molecule has 0 aliphatic carbocycles. The maximum atomic E-state index is 14.3. The van der Waals surface area contributed by atoms with E-state index in [9.17, 15) is 14.2 Å². The van der Waals surface area contributed by atoms with Gasteiger partial charge in [0.1, 0.15) is 5.60 Å². The van der Waals surface area contributed by atoms with Gasteiger partial charge in [-0.15, -0.1) is 0 Å². The Hall–Kier alpha value is -3.34. The van der Waals surface area contributed by atoms with E-state index in [1.165, 1.54) is 4.57 Å². The van der Waals surface area contributed by atoms with Gasteiger partial charge in [-0.2, -0.15) is 0 Å². The minimum atomic E-state index is -3.79. The summed E-state index contributed by atoms with van der Waals surface area (Å²) in [6.45, 7) is 5.84. The maximum absolute atomic E-state index is 14.3. The number of aromatic amines is 1. The molecule has 3 heterocycles. The molecule has 2 atom stereocenters. The highest BCUT2D eigenvalue weighted by Gasteiger charge is 2.58. The van der Waals surface area contributed by atoms with Crippen LogP contribution in [0.4, 0.5) is 0 Å². The molecule has 2 N–H and O–H groups in total. The van der Waals surface area contributed by atoms with Crippen LogP contribution in [0.1, 0.15) is 36.1 Å². The number of benzene rings is 3. The monoisotopic (exact) mass is 691 g/mol. The molecule has 10 nitrogen and oxygen atoms in total. The van der Waals surface area contributed by atoms with E-state index < -0.39 is 29.1 Å². The second kappa shape index (κ2) is 14.3. The van der Waals surface area contributed by atoms with Gasteiger partial charge in [-0.05, 0) is 54.8 Å². The number of rotatable bonds is 10. The van der Waals surface area contributed by atoms with Crippen molar-refractivity contribution < 1.29 is 13.8 Å². The quantitative estimate of drug-likeness (QED) is 0.178. The average molecular weight is 692 g/mol. The Morgan fingerprint density at radius 1 is 0.938 bits per heavy atom. The number of para-hydroxylation sites is 1. The summed E-state index contributed by atoms with van der Waals surface area (Å²) in [5.74, 6) is 0. The van der Waals surface area contributed by atoms with Crippen molar-refractivity contribution in [3.63, 3.8) is 0 Å². The fourth-order valence-corrected chi connectivity index (χ4v) is 8.99. The molecule has 6 rings (SSSR count). The lowest BCUT2D eigenvalue weighted by Gasteiger charge is -2.53. The van der Waals surface area contributed by atoms with E-state index in [0.29, 0.717) is 50.1 Å². The summed E-state index contributed by atoms with van der Waals surface area (Å²) in [5.41, 5.74) is 0.0738. The van der Waals surface area contributed by atoms with E-state index in [1.807, 2.05) is 84.9 Å². The number of ether oxygens (including phenoxy) is 1. The Morgan fingerprint density at radius 3 is 2.12 bits per heavy atom. The number of H-pyrrole nitrogens is 1. The molecule has 2 aliphatic heterocycles. The van der Waals surface area contributed by atoms with Crippen molar-refractivity contribution in [2.45, 2.75) is 37.8 Å². The third-order valence-electron chi connectivity index (χ3n) is 9.67. The lowest BCUT2D eigenvalue weighted by Crippen LogP contribution is -2.66. The zero-order valence-electron chi connectivity index (χ0n) is 27.6. The second-order valence-electron chi connectivity index (χ2n) is 12.8. The predicted octanol–water partition coefficient (Wildman–Crippen LogP) is 4.92. The summed E-state index contributed by atoms with van der Waals surface area (Å²) in [5, 5.41) is 3.54. The van der Waals surface area contributed by atoms with Crippen molar-refractivity contribution in [1.82, 2.24) is 24.4 Å². The van der Waals surface area contributed by atoms with Crippen molar-refractivity contribution in [3.05, 3.63) is 134 Å². The number of nitrogens with one attached hydrogen (secondary N) is 2. The van der Waals surface area contributed by atoms with Gasteiger partial charge in [0.2, 0.25) is 0 Å². The van der Waals surface area contributed by atoms with Crippen LogP contribution in [0.3, 0.4) is 0 Å². The van der Waals surface area contributed by atoms with Crippen LogP contribution in [0.15, 0.2) is 101 Å². The summed E-state index contributed by atoms with van der Waals surface area (Å²) in [6.07, 6.45) is 1.56. The molecular formula is C36H43ClN5O5P. The molecule has 2 fully saturated rings. The maximum Gasteiger partial charge on any atom is 0.363 e. The molecule has 0 saturated carbocycles. The van der Waals surface area contributed by atoms with Crippen LogP contribution in [0, 0.1) is 6.92 Å². The number of aryl methyl sites for hydroxylation is 1. The fraction of sp³-hybridized carbons (Fsp3) is 0.389. The van der Waals surface area contributed by atoms with Gasteiger partial charge in [0, 0.05) is 57.1 Å². The lowest BCUT2D eigenvalue weighted by atomic mass is 9.58. The number of halogens is 1. The Bertz CT molecular complexity index is 1830. The van der Waals surface area contributed by atoms with Gasteiger partial charge in [0.15, 0.2) is 0 Å². The third-order valence-corrected chi connectivity index (χ3v) is 12.1. The number of hydrogen-bond donors (Lipinski definition) is 2. The number of hydrogen-bond acceptors (Lipinski definition) is 7. The Morgan fingerprint density at radius 2 is 1.54 bits per heavy atom. The first-order chi connectivity index (χ1) is 23.1. The van der Waals surface area contributed by atoms with Gasteiger partial charge < -0.3 is 14.6 Å². The molecule has 0 amide bonds. The van der Waals surface area contributed by atoms with E-state index in [0.717, 1.165) is 29.8 Å². The van der Waals surface area contributed by atoms with Crippen LogP contribution in [-0.4, -0.2) is 83.2 Å². The molecule has 1 unspecified atom stereocenters. The summed E-state index contributed by atoms with van der Waals surface area (Å²) in [7, 11) is 0. The van der Waals surface area contributed by atoms with E-state index >= 15 is 0 Å². The zero-order valence-corrected chi connectivity index (χ0v) is 29.3. The highest BCUT2D eigenvalue weighted by Crippen LogP contribution is 2.59. The number of piperazine rings is 1. The van der Waals surface area contributed by atoms with E-state index in [-0.39, 0.29) is 6.61 Å². The molecule has 3 aromatic carbocycles. The van der Waals surface area contributed by atoms with Crippen LogP contribution in [0.25, 0.3) is 5.69 Å². The Balaban J connectivity index is 1.58. The highest BCUT2D eigenvalue weighted by molar-refractivity contribution is 7.83. The standard InChI is InChI=1S/C36H43ClN5O5P/c1-27(2)40-19-21-41(22-20-40)48(37,45)47-26-35(25-38-18-23-46-35)36(29-12-6-4-7-13-29,30-14-8-5-9-15-30)31-16-10-11-17-32(31)42-24-28(3)33(43)39-34(42)44/h4-17,24,27,38H,18-23,25-26H2,1-3H3,(H,39,43,44)/t35-,48?/m0/s1. The molecule has 4 aromatic rings. The molecule has 0 bridgehead atoms. The van der Waals surface area contributed by atoms with Gasteiger partial charge >= 0.3 is 12.6 Å². The largest absolute Gasteiger partial charge is 0.368 e. The van der Waals surface area contributed by atoms with Crippen molar-refractivity contribution in [2.24, 2.45) is 0 Å². The number of nitrogens with zero attached hydrogens (tertiary/aromatic N) is 3. The van der Waals surface area contributed by atoms with Gasteiger partial charge in [-0.25, -0.2) is 9.46 Å². The second-order valence-corrected chi connectivity index (χ2v) is 15.8. The van der Waals surface area contributed by atoms with Crippen LogP contribution in [-0.2, 0) is 19.2 Å². The smallest absolute Gasteiger partial charge is 0.363 e. The van der Waals surface area contributed by atoms with Crippen molar-refractivity contribution in [3.8, 4) is 5.69 Å². The lowest BCUT2D eigenvalue weighted by molar-refractivity contribution is -0.120. The summed E-state index contributed by atoms with van der Waals surface area (Å²) >= 11 is 6.88. The predicted molar refractivity (Wildman–Crippen MR) is 189 cm³/mol. The SMILES string of the molecule is Cc1cn(-c2ccccc2C(c2ccccc2)(c2ccccc2)[C@@]2(COP(=O)(Cl)N3CCN(C(C)C)CC3)CNCCO2)c(=O)[nH]c1=O. The van der Waals surface area contributed by atoms with Crippen LogP contribution >= 0.6 is 18.1 Å². The van der Waals surface area contributed by atoms with Crippen molar-refractivity contribution in [2.75, 3.05) is 52.5 Å². The highest BCUT2D eigenvalue weighted by atomic mass is 35.7. The van der Waals surface area contributed by atoms with E-state index in [4.69, 9.17) is 20.5 Å². The molecule has 2 aliphatic rings. The number of morpholine rings is 1. The summed E-state index contributed by atoms with van der Waals surface area (Å²) < 4.78 is 30.9. The van der Waals surface area contributed by atoms with Gasteiger partial charge in [-0.1, -0.05) is 78.9 Å². The molecular weight excluding hydrogens is 649 g/mol. The Labute approximate surface area is 285 Å². The summed E-state index contributed by atoms with van der Waals surface area (Å²) in [6, 6.07) is 27.9. The topological polar surface area (TPSA) is 109 Å². The molecule has 1 aromatic heterocycles. The van der Waals surface area contributed by atoms with E-state index in [1.54, 1.807) is 17.8 Å². The molecule has 254 valence electrons. The molecule has 12 heteroatoms. The molecule has 0 radical (unpaired) electrons. The number of aromatic nitrogens is 2. The Kier molecular flexibility index (Phi) is 10.3. The molecule has 48 heavy (non-hydrogen) atoms. The molecule has 0 spiro atoms. The minimum Gasteiger partial charge on any atom is -0.368 e.